The number of nitrogens with one attached hydrogen (secondary N) is 2. The number of amides is 1. The molecule has 0 radical (unpaired) electrons. The van der Waals surface area contributed by atoms with Crippen LogP contribution in [0.4, 0.5) is 14.9 Å². The predicted octanol–water partition coefficient (Wildman–Crippen LogP) is 2.83. The topological polar surface area (TPSA) is 59.6 Å². The maximum atomic E-state index is 13.9. The van der Waals surface area contributed by atoms with Crippen molar-refractivity contribution in [3.05, 3.63) is 29.6 Å². The van der Waals surface area contributed by atoms with Crippen LogP contribution >= 0.6 is 0 Å². The molecule has 0 aliphatic carbocycles. The van der Waals surface area contributed by atoms with Crippen LogP contribution in [0.15, 0.2) is 18.2 Å². The first-order valence-corrected chi connectivity index (χ1v) is 6.97. The first-order chi connectivity index (χ1) is 9.85. The molecule has 0 spiro atoms. The molecule has 1 fully saturated rings. The summed E-state index contributed by atoms with van der Waals surface area (Å²) >= 11 is 0. The van der Waals surface area contributed by atoms with Gasteiger partial charge < -0.3 is 14.8 Å². The van der Waals surface area contributed by atoms with Gasteiger partial charge >= 0.3 is 6.09 Å². The van der Waals surface area contributed by atoms with Crippen LogP contribution in [0, 0.1) is 5.82 Å². The highest BCUT2D eigenvalue weighted by atomic mass is 19.1. The Labute approximate surface area is 123 Å². The zero-order valence-corrected chi connectivity index (χ0v) is 12.5. The molecule has 1 aliphatic heterocycles. The lowest BCUT2D eigenvalue weighted by atomic mass is 10.1. The molecule has 1 saturated heterocycles. The van der Waals surface area contributed by atoms with Crippen LogP contribution < -0.4 is 10.6 Å². The molecule has 0 saturated carbocycles. The van der Waals surface area contributed by atoms with Gasteiger partial charge in [-0.2, -0.15) is 0 Å². The van der Waals surface area contributed by atoms with Crippen molar-refractivity contribution in [1.82, 2.24) is 5.32 Å². The number of rotatable bonds is 2. The molecule has 1 amide bonds. The van der Waals surface area contributed by atoms with Crippen molar-refractivity contribution < 1.29 is 18.7 Å². The molecule has 1 heterocycles. The average Bonchev–Trinajstić information content (AvgIpc) is 2.40. The van der Waals surface area contributed by atoms with Crippen LogP contribution in [0.5, 0.6) is 0 Å². The molecular weight excluding hydrogens is 275 g/mol. The second-order valence-electron chi connectivity index (χ2n) is 5.93. The summed E-state index contributed by atoms with van der Waals surface area (Å²) in [5.74, 6) is -0.349. The van der Waals surface area contributed by atoms with E-state index in [-0.39, 0.29) is 11.9 Å². The van der Waals surface area contributed by atoms with Gasteiger partial charge in [0.05, 0.1) is 12.7 Å². The zero-order valence-electron chi connectivity index (χ0n) is 12.5. The number of anilines is 1. The molecule has 2 rings (SSSR count). The number of carbonyl (C=O) groups excluding carboxylic acids is 1. The minimum atomic E-state index is -0.580. The maximum Gasteiger partial charge on any atom is 0.412 e. The summed E-state index contributed by atoms with van der Waals surface area (Å²) < 4.78 is 24.6. The van der Waals surface area contributed by atoms with E-state index in [1.165, 1.54) is 12.1 Å². The zero-order chi connectivity index (χ0) is 15.5. The standard InChI is InChI=1S/C15H21FN2O3/c1-15(2,3)21-14(19)18-10-4-5-12(16)11(8-10)13-9-17-6-7-20-13/h4-5,8,13,17H,6-7,9H2,1-3H3,(H,18,19). The first-order valence-electron chi connectivity index (χ1n) is 6.97. The minimum absolute atomic E-state index is 0.348. The molecule has 1 aromatic carbocycles. The van der Waals surface area contributed by atoms with Crippen LogP contribution in [0.3, 0.4) is 0 Å². The molecule has 1 unspecified atom stereocenters. The lowest BCUT2D eigenvalue weighted by Crippen LogP contribution is -2.33. The fraction of sp³-hybridized carbons (Fsp3) is 0.533. The molecule has 21 heavy (non-hydrogen) atoms. The van der Waals surface area contributed by atoms with E-state index in [4.69, 9.17) is 9.47 Å². The van der Waals surface area contributed by atoms with Gasteiger partial charge in [0.1, 0.15) is 11.4 Å². The van der Waals surface area contributed by atoms with Crippen molar-refractivity contribution >= 4 is 11.8 Å². The summed E-state index contributed by atoms with van der Waals surface area (Å²) in [7, 11) is 0. The third-order valence-electron chi connectivity index (χ3n) is 2.92. The molecular formula is C15H21FN2O3. The summed E-state index contributed by atoms with van der Waals surface area (Å²) in [6, 6.07) is 4.40. The largest absolute Gasteiger partial charge is 0.444 e. The van der Waals surface area contributed by atoms with Crippen molar-refractivity contribution in [2.75, 3.05) is 25.0 Å². The van der Waals surface area contributed by atoms with E-state index in [0.717, 1.165) is 6.54 Å². The van der Waals surface area contributed by atoms with E-state index in [2.05, 4.69) is 10.6 Å². The first kappa shape index (κ1) is 15.7. The van der Waals surface area contributed by atoms with E-state index in [0.29, 0.717) is 24.4 Å². The number of benzene rings is 1. The summed E-state index contributed by atoms with van der Waals surface area (Å²) in [5.41, 5.74) is 0.328. The summed E-state index contributed by atoms with van der Waals surface area (Å²) in [6.07, 6.45) is -0.915. The number of morpholine rings is 1. The Morgan fingerprint density at radius 3 is 2.86 bits per heavy atom. The maximum absolute atomic E-state index is 13.9. The van der Waals surface area contributed by atoms with Gasteiger partial charge in [-0.15, -0.1) is 0 Å². The fourth-order valence-corrected chi connectivity index (χ4v) is 2.05. The fourth-order valence-electron chi connectivity index (χ4n) is 2.05. The second-order valence-corrected chi connectivity index (χ2v) is 5.93. The highest BCUT2D eigenvalue weighted by Gasteiger charge is 2.21. The van der Waals surface area contributed by atoms with Crippen molar-refractivity contribution in [2.24, 2.45) is 0 Å². The van der Waals surface area contributed by atoms with E-state index >= 15 is 0 Å². The monoisotopic (exact) mass is 296 g/mol. The Bertz CT molecular complexity index is 508. The Hall–Kier alpha value is -1.66. The molecule has 1 atom stereocenters. The summed E-state index contributed by atoms with van der Waals surface area (Å²) in [5, 5.41) is 5.75. The van der Waals surface area contributed by atoms with E-state index in [1.54, 1.807) is 26.8 Å². The van der Waals surface area contributed by atoms with Gasteiger partial charge in [0.25, 0.3) is 0 Å². The normalized spacial score (nSPS) is 19.1. The Balaban J connectivity index is 2.09. The lowest BCUT2D eigenvalue weighted by Gasteiger charge is -2.25. The van der Waals surface area contributed by atoms with Crippen LogP contribution in [-0.4, -0.2) is 31.4 Å². The van der Waals surface area contributed by atoms with Gasteiger partial charge in [0.15, 0.2) is 0 Å². The van der Waals surface area contributed by atoms with Crippen molar-refractivity contribution in [3.8, 4) is 0 Å². The Kier molecular flexibility index (Phi) is 4.80. The molecule has 5 nitrogen and oxygen atoms in total. The smallest absolute Gasteiger partial charge is 0.412 e. The van der Waals surface area contributed by atoms with Crippen molar-refractivity contribution in [3.63, 3.8) is 0 Å². The third kappa shape index (κ3) is 4.68. The molecule has 1 aliphatic rings. The van der Waals surface area contributed by atoms with Gasteiger partial charge in [-0.25, -0.2) is 9.18 Å². The van der Waals surface area contributed by atoms with Crippen LogP contribution in [-0.2, 0) is 9.47 Å². The Morgan fingerprint density at radius 2 is 2.24 bits per heavy atom. The van der Waals surface area contributed by atoms with Gasteiger partial charge in [-0.3, -0.25) is 5.32 Å². The molecule has 6 heteroatoms. The lowest BCUT2D eigenvalue weighted by molar-refractivity contribution is 0.0255. The average molecular weight is 296 g/mol. The van der Waals surface area contributed by atoms with E-state index in [1.807, 2.05) is 0 Å². The number of ether oxygens (including phenoxy) is 2. The second kappa shape index (κ2) is 6.41. The Morgan fingerprint density at radius 1 is 1.48 bits per heavy atom. The molecule has 0 aromatic heterocycles. The highest BCUT2D eigenvalue weighted by molar-refractivity contribution is 5.85. The number of carbonyl (C=O) groups is 1. The summed E-state index contributed by atoms with van der Waals surface area (Å²) in [4.78, 5) is 11.7. The summed E-state index contributed by atoms with van der Waals surface area (Å²) in [6.45, 7) is 7.19. The number of halogens is 1. The highest BCUT2D eigenvalue weighted by Crippen LogP contribution is 2.25. The van der Waals surface area contributed by atoms with Crippen molar-refractivity contribution in [1.29, 1.82) is 0 Å². The quantitative estimate of drug-likeness (QED) is 0.881. The third-order valence-corrected chi connectivity index (χ3v) is 2.92. The van der Waals surface area contributed by atoms with Crippen molar-refractivity contribution in [2.45, 2.75) is 32.5 Å². The molecule has 2 N–H and O–H groups in total. The predicted molar refractivity (Wildman–Crippen MR) is 77.8 cm³/mol. The van der Waals surface area contributed by atoms with Crippen LogP contribution in [0.2, 0.25) is 0 Å². The molecule has 1 aromatic rings. The molecule has 116 valence electrons. The minimum Gasteiger partial charge on any atom is -0.444 e. The van der Waals surface area contributed by atoms with Gasteiger partial charge in [0, 0.05) is 24.3 Å². The number of hydrogen-bond acceptors (Lipinski definition) is 4. The van der Waals surface area contributed by atoms with Crippen LogP contribution in [0.25, 0.3) is 0 Å². The van der Waals surface area contributed by atoms with Gasteiger partial charge in [-0.1, -0.05) is 0 Å². The van der Waals surface area contributed by atoms with E-state index in [9.17, 15) is 9.18 Å². The van der Waals surface area contributed by atoms with Gasteiger partial charge in [0.2, 0.25) is 0 Å². The van der Waals surface area contributed by atoms with Gasteiger partial charge in [-0.05, 0) is 39.0 Å². The van der Waals surface area contributed by atoms with Crippen LogP contribution in [0.1, 0.15) is 32.4 Å². The number of hydrogen-bond donors (Lipinski definition) is 2. The molecule has 0 bridgehead atoms. The van der Waals surface area contributed by atoms with E-state index < -0.39 is 11.7 Å². The SMILES string of the molecule is CC(C)(C)OC(=O)Nc1ccc(F)c(C2CNCCO2)c1.